The lowest BCUT2D eigenvalue weighted by atomic mass is 10.1. The lowest BCUT2D eigenvalue weighted by molar-refractivity contribution is -0.124. The van der Waals surface area contributed by atoms with Gasteiger partial charge in [0, 0.05) is 37.2 Å². The summed E-state index contributed by atoms with van der Waals surface area (Å²) in [5, 5.41) is 9.75. The van der Waals surface area contributed by atoms with Crippen LogP contribution in [0.1, 0.15) is 38.2 Å². The minimum absolute atomic E-state index is 0.0580. The van der Waals surface area contributed by atoms with E-state index in [4.69, 9.17) is 4.74 Å². The fourth-order valence-electron chi connectivity index (χ4n) is 3.42. The Morgan fingerprint density at radius 3 is 2.96 bits per heavy atom. The van der Waals surface area contributed by atoms with Crippen molar-refractivity contribution in [1.82, 2.24) is 10.6 Å². The standard InChI is InChI=1S/C20H30N4O2S/c1-20(9-5-11-27-20)14-23-19(21-2)22-13-15-6-3-7-16(12-15)24-18(25)17-8-4-10-26-17/h3,6-7,12,17H,4-5,8-11,13-14H2,1-2H3,(H,24,25)(H2,21,22,23). The zero-order valence-electron chi connectivity index (χ0n) is 16.2. The minimum Gasteiger partial charge on any atom is -0.368 e. The van der Waals surface area contributed by atoms with Crippen molar-refractivity contribution in [2.24, 2.45) is 4.99 Å². The van der Waals surface area contributed by atoms with Gasteiger partial charge in [-0.1, -0.05) is 12.1 Å². The largest absolute Gasteiger partial charge is 0.368 e. The Hall–Kier alpha value is -1.73. The van der Waals surface area contributed by atoms with Gasteiger partial charge in [0.15, 0.2) is 5.96 Å². The Morgan fingerprint density at radius 2 is 2.26 bits per heavy atom. The summed E-state index contributed by atoms with van der Waals surface area (Å²) in [6.07, 6.45) is 3.97. The first-order valence-electron chi connectivity index (χ1n) is 9.68. The fraction of sp³-hybridized carbons (Fsp3) is 0.600. The van der Waals surface area contributed by atoms with E-state index in [1.165, 1.54) is 18.6 Å². The van der Waals surface area contributed by atoms with E-state index in [0.29, 0.717) is 17.9 Å². The van der Waals surface area contributed by atoms with E-state index >= 15 is 0 Å². The quantitative estimate of drug-likeness (QED) is 0.514. The molecule has 27 heavy (non-hydrogen) atoms. The maximum absolute atomic E-state index is 12.2. The number of anilines is 1. The Kier molecular flexibility index (Phi) is 7.01. The number of rotatable bonds is 6. The van der Waals surface area contributed by atoms with E-state index < -0.39 is 0 Å². The second kappa shape index (κ2) is 9.46. The van der Waals surface area contributed by atoms with Gasteiger partial charge in [-0.15, -0.1) is 0 Å². The number of guanidine groups is 1. The van der Waals surface area contributed by atoms with Crippen molar-refractivity contribution in [3.05, 3.63) is 29.8 Å². The van der Waals surface area contributed by atoms with Crippen LogP contribution >= 0.6 is 11.8 Å². The third kappa shape index (κ3) is 5.87. The van der Waals surface area contributed by atoms with Crippen LogP contribution in [0.2, 0.25) is 0 Å². The number of benzene rings is 1. The summed E-state index contributed by atoms with van der Waals surface area (Å²) in [7, 11) is 1.79. The summed E-state index contributed by atoms with van der Waals surface area (Å²) in [6.45, 7) is 4.54. The molecule has 0 saturated carbocycles. The Bertz CT molecular complexity index is 668. The van der Waals surface area contributed by atoms with Gasteiger partial charge in [0.2, 0.25) is 0 Å². The van der Waals surface area contributed by atoms with Crippen molar-refractivity contribution in [3.63, 3.8) is 0 Å². The molecule has 0 radical (unpaired) electrons. The first-order chi connectivity index (χ1) is 13.1. The smallest absolute Gasteiger partial charge is 0.253 e. The molecule has 7 heteroatoms. The lowest BCUT2D eigenvalue weighted by Crippen LogP contribution is -2.43. The zero-order chi connectivity index (χ0) is 19.1. The fourth-order valence-corrected chi connectivity index (χ4v) is 4.66. The van der Waals surface area contributed by atoms with Gasteiger partial charge >= 0.3 is 0 Å². The van der Waals surface area contributed by atoms with Crippen LogP contribution in [0.3, 0.4) is 0 Å². The molecule has 148 valence electrons. The molecule has 2 saturated heterocycles. The molecule has 1 aromatic rings. The second-order valence-corrected chi connectivity index (χ2v) is 9.06. The Balaban J connectivity index is 1.48. The van der Waals surface area contributed by atoms with Crippen molar-refractivity contribution in [2.45, 2.75) is 50.0 Å². The van der Waals surface area contributed by atoms with E-state index in [2.05, 4.69) is 27.9 Å². The minimum atomic E-state index is -0.315. The van der Waals surface area contributed by atoms with E-state index in [9.17, 15) is 4.79 Å². The summed E-state index contributed by atoms with van der Waals surface area (Å²) in [5.41, 5.74) is 1.89. The van der Waals surface area contributed by atoms with Crippen LogP contribution in [0.25, 0.3) is 0 Å². The monoisotopic (exact) mass is 390 g/mol. The van der Waals surface area contributed by atoms with Crippen LogP contribution in [0.4, 0.5) is 5.69 Å². The Morgan fingerprint density at radius 1 is 1.37 bits per heavy atom. The number of thioether (sulfide) groups is 1. The van der Waals surface area contributed by atoms with Gasteiger partial charge in [0.1, 0.15) is 6.10 Å². The molecule has 2 unspecified atom stereocenters. The Labute approximate surface area is 165 Å². The number of carbonyl (C=O) groups excluding carboxylic acids is 1. The number of hydrogen-bond donors (Lipinski definition) is 3. The van der Waals surface area contributed by atoms with Gasteiger partial charge in [-0.2, -0.15) is 11.8 Å². The average Bonchev–Trinajstić information content (AvgIpc) is 3.34. The van der Waals surface area contributed by atoms with E-state index in [-0.39, 0.29) is 12.0 Å². The van der Waals surface area contributed by atoms with Gasteiger partial charge in [0.05, 0.1) is 0 Å². The van der Waals surface area contributed by atoms with Crippen LogP contribution < -0.4 is 16.0 Å². The van der Waals surface area contributed by atoms with E-state index in [1.54, 1.807) is 7.05 Å². The van der Waals surface area contributed by atoms with Crippen molar-refractivity contribution in [3.8, 4) is 0 Å². The molecule has 0 spiro atoms. The zero-order valence-corrected chi connectivity index (χ0v) is 17.0. The summed E-state index contributed by atoms with van der Waals surface area (Å²) >= 11 is 2.03. The first kappa shape index (κ1) is 20.0. The van der Waals surface area contributed by atoms with E-state index in [1.807, 2.05) is 36.0 Å². The molecule has 2 fully saturated rings. The molecule has 0 aliphatic carbocycles. The third-order valence-corrected chi connectivity index (χ3v) is 6.57. The molecule has 6 nitrogen and oxygen atoms in total. The molecule has 0 aromatic heterocycles. The molecule has 3 rings (SSSR count). The van der Waals surface area contributed by atoms with Crippen LogP contribution in [-0.2, 0) is 16.1 Å². The van der Waals surface area contributed by atoms with Crippen molar-refractivity contribution < 1.29 is 9.53 Å². The molecule has 2 atom stereocenters. The van der Waals surface area contributed by atoms with Gasteiger partial charge in [-0.05, 0) is 56.1 Å². The number of amides is 1. The number of carbonyl (C=O) groups is 1. The topological polar surface area (TPSA) is 74.8 Å². The van der Waals surface area contributed by atoms with E-state index in [0.717, 1.165) is 36.6 Å². The second-order valence-electron chi connectivity index (χ2n) is 7.37. The maximum atomic E-state index is 12.2. The molecule has 0 bridgehead atoms. The van der Waals surface area contributed by atoms with Crippen LogP contribution in [-0.4, -0.2) is 48.7 Å². The van der Waals surface area contributed by atoms with Crippen LogP contribution in [0.5, 0.6) is 0 Å². The number of hydrogen-bond acceptors (Lipinski definition) is 4. The number of ether oxygens (including phenoxy) is 1. The highest BCUT2D eigenvalue weighted by molar-refractivity contribution is 8.00. The summed E-state index contributed by atoms with van der Waals surface area (Å²) in [5.74, 6) is 1.99. The lowest BCUT2D eigenvalue weighted by Gasteiger charge is -2.24. The van der Waals surface area contributed by atoms with Gasteiger partial charge in [-0.25, -0.2) is 0 Å². The molecule has 3 N–H and O–H groups in total. The molecular weight excluding hydrogens is 360 g/mol. The molecular formula is C20H30N4O2S. The van der Waals surface area contributed by atoms with Gasteiger partial charge < -0.3 is 20.7 Å². The summed E-state index contributed by atoms with van der Waals surface area (Å²) in [6, 6.07) is 7.88. The number of nitrogens with zero attached hydrogens (tertiary/aromatic N) is 1. The SMILES string of the molecule is CN=C(NCc1cccc(NC(=O)C2CCCO2)c1)NCC1(C)CCCS1. The predicted molar refractivity (Wildman–Crippen MR) is 112 cm³/mol. The normalized spacial score (nSPS) is 25.4. The van der Waals surface area contributed by atoms with Crippen molar-refractivity contribution >= 4 is 29.3 Å². The third-order valence-electron chi connectivity index (χ3n) is 5.03. The predicted octanol–water partition coefficient (Wildman–Crippen LogP) is 2.75. The first-order valence-corrected chi connectivity index (χ1v) is 10.7. The highest BCUT2D eigenvalue weighted by atomic mass is 32.2. The molecule has 2 aliphatic heterocycles. The number of aliphatic imine (C=N–C) groups is 1. The van der Waals surface area contributed by atoms with Crippen LogP contribution in [0, 0.1) is 0 Å². The van der Waals surface area contributed by atoms with Gasteiger partial charge in [-0.3, -0.25) is 9.79 Å². The van der Waals surface area contributed by atoms with Crippen molar-refractivity contribution in [1.29, 1.82) is 0 Å². The highest BCUT2D eigenvalue weighted by Crippen LogP contribution is 2.36. The molecule has 2 aliphatic rings. The van der Waals surface area contributed by atoms with Crippen molar-refractivity contribution in [2.75, 3.05) is 31.3 Å². The molecule has 2 heterocycles. The van der Waals surface area contributed by atoms with Gasteiger partial charge in [0.25, 0.3) is 5.91 Å². The average molecular weight is 391 g/mol. The summed E-state index contributed by atoms with van der Waals surface area (Å²) < 4.78 is 5.73. The maximum Gasteiger partial charge on any atom is 0.253 e. The summed E-state index contributed by atoms with van der Waals surface area (Å²) in [4.78, 5) is 16.5. The molecule has 1 amide bonds. The molecule has 1 aromatic carbocycles. The van der Waals surface area contributed by atoms with Crippen LogP contribution in [0.15, 0.2) is 29.3 Å². The number of nitrogens with one attached hydrogen (secondary N) is 3. The highest BCUT2D eigenvalue weighted by Gasteiger charge is 2.29.